The zero-order valence-electron chi connectivity index (χ0n) is 18.4. The third kappa shape index (κ3) is 2.63. The van der Waals surface area contributed by atoms with E-state index in [4.69, 9.17) is 0 Å². The molecule has 1 spiro atoms. The average molecular weight is 407 g/mol. The highest BCUT2D eigenvalue weighted by atomic mass is 19.1. The second kappa shape index (κ2) is 6.28. The maximum Gasteiger partial charge on any atom is 0.161 e. The molecule has 29 heavy (non-hydrogen) atoms. The molecule has 0 aromatic carbocycles. The van der Waals surface area contributed by atoms with Crippen LogP contribution in [-0.2, 0) is 4.79 Å². The lowest BCUT2D eigenvalue weighted by Crippen LogP contribution is -2.63. The van der Waals surface area contributed by atoms with Crippen molar-refractivity contribution in [2.24, 2.45) is 46.3 Å². The molecule has 5 aliphatic rings. The monoisotopic (exact) mass is 406 g/mol. The summed E-state index contributed by atoms with van der Waals surface area (Å²) in [6.07, 6.45) is 8.58. The van der Waals surface area contributed by atoms with Crippen molar-refractivity contribution in [3.63, 3.8) is 0 Å². The molecule has 0 saturated heterocycles. The SMILES string of the molecule is CC1CC2(F)CC3C(CCC4(C)C(C(=O)CO)CCC34)C3CCC(C)(O)CC32C1. The van der Waals surface area contributed by atoms with E-state index < -0.39 is 11.3 Å². The lowest BCUT2D eigenvalue weighted by Gasteiger charge is -2.64. The summed E-state index contributed by atoms with van der Waals surface area (Å²) in [5, 5.41) is 20.4. The summed E-state index contributed by atoms with van der Waals surface area (Å²) in [7, 11) is 0. The summed E-state index contributed by atoms with van der Waals surface area (Å²) in [4.78, 5) is 12.5. The van der Waals surface area contributed by atoms with Gasteiger partial charge in [0.2, 0.25) is 0 Å². The predicted octanol–water partition coefficient (Wildman–Crippen LogP) is 4.69. The van der Waals surface area contributed by atoms with Gasteiger partial charge in [-0.25, -0.2) is 4.39 Å². The van der Waals surface area contributed by atoms with E-state index in [0.29, 0.717) is 48.9 Å². The molecule has 0 radical (unpaired) electrons. The fourth-order valence-electron chi connectivity index (χ4n) is 10.0. The molecule has 0 aromatic heterocycles. The van der Waals surface area contributed by atoms with E-state index in [1.165, 1.54) is 0 Å². The fraction of sp³-hybridized carbons (Fsp3) is 0.960. The molecule has 2 N–H and O–H groups in total. The molecule has 5 rings (SSSR count). The van der Waals surface area contributed by atoms with Crippen LogP contribution >= 0.6 is 0 Å². The first-order valence-corrected chi connectivity index (χ1v) is 12.1. The van der Waals surface area contributed by atoms with E-state index in [2.05, 4.69) is 13.8 Å². The standard InChI is InChI=1S/C25H39FO3/c1-15-10-24-14-22(2,29)8-7-19(24)16-6-9-23(3)18(4-5-20(23)21(28)13-27)17(16)12-25(24,26)11-15/h15-20,27,29H,4-14H2,1-3H3. The minimum absolute atomic E-state index is 0.00299. The lowest BCUT2D eigenvalue weighted by molar-refractivity contribution is -0.205. The second-order valence-electron chi connectivity index (χ2n) is 12.4. The van der Waals surface area contributed by atoms with E-state index >= 15 is 4.39 Å². The van der Waals surface area contributed by atoms with Crippen LogP contribution in [-0.4, -0.2) is 33.9 Å². The minimum atomic E-state index is -1.17. The van der Waals surface area contributed by atoms with Crippen LogP contribution in [0.5, 0.6) is 0 Å². The average Bonchev–Trinajstić information content (AvgIpc) is 3.10. The highest BCUT2D eigenvalue weighted by molar-refractivity contribution is 5.83. The number of aliphatic hydroxyl groups excluding tert-OH is 1. The van der Waals surface area contributed by atoms with Crippen molar-refractivity contribution in [2.75, 3.05) is 6.61 Å². The Bertz CT molecular complexity index is 706. The molecule has 0 bridgehead atoms. The number of carbonyl (C=O) groups excluding carboxylic acids is 1. The van der Waals surface area contributed by atoms with Crippen molar-refractivity contribution in [1.29, 1.82) is 0 Å². The fourth-order valence-corrected chi connectivity index (χ4v) is 10.0. The number of Topliss-reactive ketones (excluding diaryl/α,β-unsaturated/α-hetero) is 1. The molecule has 5 saturated carbocycles. The van der Waals surface area contributed by atoms with Gasteiger partial charge in [-0.05, 0) is 106 Å². The van der Waals surface area contributed by atoms with Gasteiger partial charge in [-0.3, -0.25) is 4.79 Å². The van der Waals surface area contributed by atoms with E-state index in [1.807, 2.05) is 6.92 Å². The first-order valence-electron chi connectivity index (χ1n) is 12.1. The second-order valence-corrected chi connectivity index (χ2v) is 12.4. The Morgan fingerprint density at radius 3 is 2.48 bits per heavy atom. The van der Waals surface area contributed by atoms with Crippen molar-refractivity contribution in [3.05, 3.63) is 0 Å². The van der Waals surface area contributed by atoms with Gasteiger partial charge < -0.3 is 10.2 Å². The molecular formula is C25H39FO3. The smallest absolute Gasteiger partial charge is 0.161 e. The van der Waals surface area contributed by atoms with E-state index in [1.54, 1.807) is 0 Å². The summed E-state index contributed by atoms with van der Waals surface area (Å²) in [6, 6.07) is 0. The summed E-state index contributed by atoms with van der Waals surface area (Å²) in [6.45, 7) is 6.03. The third-order valence-corrected chi connectivity index (χ3v) is 10.8. The van der Waals surface area contributed by atoms with Crippen LogP contribution in [0.15, 0.2) is 0 Å². The summed E-state index contributed by atoms with van der Waals surface area (Å²) < 4.78 is 16.9. The van der Waals surface area contributed by atoms with Gasteiger partial charge >= 0.3 is 0 Å². The van der Waals surface area contributed by atoms with Gasteiger partial charge in [0.15, 0.2) is 5.78 Å². The Hall–Kier alpha value is -0.480. The van der Waals surface area contributed by atoms with Gasteiger partial charge in [0, 0.05) is 11.3 Å². The summed E-state index contributed by atoms with van der Waals surface area (Å²) in [5.41, 5.74) is -2.32. The van der Waals surface area contributed by atoms with Gasteiger partial charge in [-0.2, -0.15) is 0 Å². The largest absolute Gasteiger partial charge is 0.390 e. The molecule has 4 heteroatoms. The minimum Gasteiger partial charge on any atom is -0.390 e. The summed E-state index contributed by atoms with van der Waals surface area (Å²) in [5.74, 6) is 2.03. The number of halogens is 1. The highest BCUT2D eigenvalue weighted by Gasteiger charge is 2.71. The van der Waals surface area contributed by atoms with Crippen molar-refractivity contribution in [1.82, 2.24) is 0 Å². The number of alkyl halides is 1. The van der Waals surface area contributed by atoms with Crippen LogP contribution in [0.1, 0.15) is 85.0 Å². The highest BCUT2D eigenvalue weighted by Crippen LogP contribution is 2.74. The number of fused-ring (bicyclic) bond motifs is 4. The molecule has 5 fully saturated rings. The van der Waals surface area contributed by atoms with Crippen molar-refractivity contribution < 1.29 is 19.4 Å². The van der Waals surface area contributed by atoms with E-state index in [9.17, 15) is 15.0 Å². The van der Waals surface area contributed by atoms with Crippen molar-refractivity contribution >= 4 is 5.78 Å². The van der Waals surface area contributed by atoms with E-state index in [0.717, 1.165) is 44.9 Å². The number of ketones is 1. The molecule has 10 unspecified atom stereocenters. The molecule has 0 aliphatic heterocycles. The number of hydrogen-bond donors (Lipinski definition) is 2. The van der Waals surface area contributed by atoms with Crippen LogP contribution in [0.4, 0.5) is 4.39 Å². The molecule has 5 aliphatic carbocycles. The molecule has 10 atom stereocenters. The molecule has 0 heterocycles. The van der Waals surface area contributed by atoms with Gasteiger partial charge in [0.25, 0.3) is 0 Å². The number of aliphatic hydroxyl groups is 2. The van der Waals surface area contributed by atoms with Crippen molar-refractivity contribution in [2.45, 2.75) is 96.2 Å². The van der Waals surface area contributed by atoms with Gasteiger partial charge in [0.05, 0.1) is 5.60 Å². The zero-order valence-corrected chi connectivity index (χ0v) is 18.4. The number of hydrogen-bond acceptors (Lipinski definition) is 3. The van der Waals surface area contributed by atoms with Crippen LogP contribution in [0.25, 0.3) is 0 Å². The molecule has 164 valence electrons. The van der Waals surface area contributed by atoms with Crippen molar-refractivity contribution in [3.8, 4) is 0 Å². The van der Waals surface area contributed by atoms with Crippen LogP contribution < -0.4 is 0 Å². The normalized spacial score (nSPS) is 58.8. The van der Waals surface area contributed by atoms with Crippen LogP contribution in [0.2, 0.25) is 0 Å². The van der Waals surface area contributed by atoms with E-state index in [-0.39, 0.29) is 29.1 Å². The number of rotatable bonds is 2. The van der Waals surface area contributed by atoms with Gasteiger partial charge in [-0.1, -0.05) is 13.8 Å². The Morgan fingerprint density at radius 1 is 1.00 bits per heavy atom. The molecule has 0 amide bonds. The van der Waals surface area contributed by atoms with Gasteiger partial charge in [0.1, 0.15) is 12.3 Å². The Morgan fingerprint density at radius 2 is 1.76 bits per heavy atom. The zero-order chi connectivity index (χ0) is 20.8. The lowest BCUT2D eigenvalue weighted by atomic mass is 9.42. The van der Waals surface area contributed by atoms with Gasteiger partial charge in [-0.15, -0.1) is 0 Å². The van der Waals surface area contributed by atoms with Crippen LogP contribution in [0.3, 0.4) is 0 Å². The first-order chi connectivity index (χ1) is 13.6. The molecule has 3 nitrogen and oxygen atoms in total. The topological polar surface area (TPSA) is 57.5 Å². The van der Waals surface area contributed by atoms with Crippen LogP contribution in [0, 0.1) is 46.3 Å². The molecule has 0 aromatic rings. The Kier molecular flexibility index (Phi) is 4.42. The number of carbonyl (C=O) groups is 1. The predicted molar refractivity (Wildman–Crippen MR) is 110 cm³/mol. The molecular weight excluding hydrogens is 367 g/mol. The first kappa shape index (κ1) is 20.4. The third-order valence-electron chi connectivity index (χ3n) is 10.8. The Balaban J connectivity index is 1.52. The summed E-state index contributed by atoms with van der Waals surface area (Å²) >= 11 is 0. The maximum absolute atomic E-state index is 16.9. The quantitative estimate of drug-likeness (QED) is 0.700. The maximum atomic E-state index is 16.9. The Labute approximate surface area is 174 Å².